The summed E-state index contributed by atoms with van der Waals surface area (Å²) in [5.74, 6) is 2.76. The first-order chi connectivity index (χ1) is 14.7. The Bertz CT molecular complexity index is 921. The first-order valence-corrected chi connectivity index (χ1v) is 11.1. The van der Waals surface area contributed by atoms with Crippen LogP contribution in [0.5, 0.6) is 5.75 Å². The van der Waals surface area contributed by atoms with Gasteiger partial charge in [-0.2, -0.15) is 0 Å². The number of aliphatic imine (C=N–C) groups is 1. The van der Waals surface area contributed by atoms with Crippen LogP contribution in [0.2, 0.25) is 0 Å². The molecule has 3 aromatic rings. The minimum Gasteiger partial charge on any atom is -0.496 e. The number of aromatic nitrogens is 3. The van der Waals surface area contributed by atoms with E-state index in [1.807, 2.05) is 18.2 Å². The zero-order valence-electron chi connectivity index (χ0n) is 17.9. The zero-order valence-corrected chi connectivity index (χ0v) is 18.7. The molecule has 0 amide bonds. The molecule has 0 saturated heterocycles. The number of hydrogen-bond donors (Lipinski definition) is 1. The highest BCUT2D eigenvalue weighted by molar-refractivity contribution is 7.09. The van der Waals surface area contributed by atoms with Gasteiger partial charge in [-0.3, -0.25) is 4.99 Å². The Morgan fingerprint density at radius 1 is 1.27 bits per heavy atom. The molecule has 0 aliphatic rings. The molecule has 30 heavy (non-hydrogen) atoms. The van der Waals surface area contributed by atoms with Gasteiger partial charge in [0.25, 0.3) is 0 Å². The van der Waals surface area contributed by atoms with E-state index in [1.165, 1.54) is 4.88 Å². The molecule has 8 heteroatoms. The van der Waals surface area contributed by atoms with Crippen LogP contribution in [-0.2, 0) is 25.9 Å². The van der Waals surface area contributed by atoms with Crippen LogP contribution in [0.3, 0.4) is 0 Å². The van der Waals surface area contributed by atoms with Gasteiger partial charge in [-0.05, 0) is 17.5 Å². The molecule has 0 aliphatic carbocycles. The van der Waals surface area contributed by atoms with Crippen LogP contribution in [0.25, 0.3) is 0 Å². The lowest BCUT2D eigenvalue weighted by atomic mass is 10.2. The van der Waals surface area contributed by atoms with Crippen LogP contribution < -0.4 is 10.1 Å². The first kappa shape index (κ1) is 21.8. The Kier molecular flexibility index (Phi) is 8.26. The van der Waals surface area contributed by atoms with Crippen molar-refractivity contribution in [1.82, 2.24) is 25.0 Å². The molecule has 1 N–H and O–H groups in total. The summed E-state index contributed by atoms with van der Waals surface area (Å²) < 4.78 is 7.59. The molecule has 2 aromatic heterocycles. The highest BCUT2D eigenvalue weighted by atomic mass is 32.1. The van der Waals surface area contributed by atoms with Gasteiger partial charge in [0.15, 0.2) is 5.96 Å². The minimum atomic E-state index is 0.710. The van der Waals surface area contributed by atoms with Gasteiger partial charge >= 0.3 is 0 Å². The van der Waals surface area contributed by atoms with Crippen LogP contribution in [0.15, 0.2) is 53.1 Å². The van der Waals surface area contributed by atoms with Gasteiger partial charge in [-0.1, -0.05) is 31.2 Å². The lowest BCUT2D eigenvalue weighted by Crippen LogP contribution is -2.40. The molecule has 0 bridgehead atoms. The van der Waals surface area contributed by atoms with E-state index < -0.39 is 0 Å². The number of thiophene rings is 1. The number of guanidine groups is 1. The summed E-state index contributed by atoms with van der Waals surface area (Å²) in [7, 11) is 3.76. The molecule has 0 spiro atoms. The molecule has 160 valence electrons. The molecular formula is C22H30N6OS. The van der Waals surface area contributed by atoms with Gasteiger partial charge in [-0.15, -0.1) is 21.5 Å². The fourth-order valence-electron chi connectivity index (χ4n) is 3.23. The maximum absolute atomic E-state index is 5.51. The van der Waals surface area contributed by atoms with E-state index >= 15 is 0 Å². The zero-order chi connectivity index (χ0) is 21.2. The van der Waals surface area contributed by atoms with Crippen molar-refractivity contribution < 1.29 is 4.74 Å². The number of para-hydroxylation sites is 1. The van der Waals surface area contributed by atoms with Crippen LogP contribution in [0.4, 0.5) is 0 Å². The van der Waals surface area contributed by atoms with Crippen molar-refractivity contribution in [3.63, 3.8) is 0 Å². The average Bonchev–Trinajstić information content (AvgIpc) is 3.44. The topological polar surface area (TPSA) is 67.6 Å². The van der Waals surface area contributed by atoms with Crippen molar-refractivity contribution in [2.45, 2.75) is 32.9 Å². The van der Waals surface area contributed by atoms with E-state index in [2.05, 4.69) is 62.5 Å². The summed E-state index contributed by atoms with van der Waals surface area (Å²) in [6, 6.07) is 12.3. The van der Waals surface area contributed by atoms with E-state index in [4.69, 9.17) is 9.73 Å². The van der Waals surface area contributed by atoms with Crippen LogP contribution in [0.1, 0.15) is 23.2 Å². The summed E-state index contributed by atoms with van der Waals surface area (Å²) >= 11 is 1.77. The molecular weight excluding hydrogens is 396 g/mol. The fourth-order valence-corrected chi connectivity index (χ4v) is 3.93. The monoisotopic (exact) mass is 426 g/mol. The number of aryl methyl sites for hydroxylation is 1. The van der Waals surface area contributed by atoms with Crippen molar-refractivity contribution in [3.8, 4) is 5.75 Å². The second kappa shape index (κ2) is 11.3. The van der Waals surface area contributed by atoms with Gasteiger partial charge in [0, 0.05) is 56.5 Å². The van der Waals surface area contributed by atoms with E-state index in [0.717, 1.165) is 55.6 Å². The van der Waals surface area contributed by atoms with Gasteiger partial charge in [0.1, 0.15) is 17.9 Å². The van der Waals surface area contributed by atoms with Crippen LogP contribution in [-0.4, -0.2) is 52.9 Å². The van der Waals surface area contributed by atoms with E-state index in [-0.39, 0.29) is 0 Å². The maximum atomic E-state index is 5.51. The number of nitrogens with one attached hydrogen (secondary N) is 1. The average molecular weight is 427 g/mol. The third-order valence-corrected chi connectivity index (χ3v) is 5.75. The second-order valence-corrected chi connectivity index (χ2v) is 7.96. The molecule has 1 aromatic carbocycles. The molecule has 0 saturated carbocycles. The summed E-state index contributed by atoms with van der Waals surface area (Å²) in [6.45, 7) is 5.09. The molecule has 0 radical (unpaired) electrons. The first-order valence-electron chi connectivity index (χ1n) is 10.2. The largest absolute Gasteiger partial charge is 0.496 e. The molecule has 7 nitrogen and oxygen atoms in total. The SMILES string of the molecule is CCc1nncn1CCNC(=NCCc1cccs1)N(C)Cc1ccccc1OC. The molecule has 3 rings (SSSR count). The Balaban J connectivity index is 1.65. The van der Waals surface area contributed by atoms with Crippen molar-refractivity contribution in [2.24, 2.45) is 4.99 Å². The predicted octanol–water partition coefficient (Wildman–Crippen LogP) is 3.23. The summed E-state index contributed by atoms with van der Waals surface area (Å²) in [5.41, 5.74) is 1.13. The predicted molar refractivity (Wildman–Crippen MR) is 122 cm³/mol. The maximum Gasteiger partial charge on any atom is 0.194 e. The van der Waals surface area contributed by atoms with E-state index in [0.29, 0.717) is 6.54 Å². The van der Waals surface area contributed by atoms with Gasteiger partial charge in [0.2, 0.25) is 0 Å². The van der Waals surface area contributed by atoms with Crippen molar-refractivity contribution in [3.05, 3.63) is 64.4 Å². The highest BCUT2D eigenvalue weighted by Gasteiger charge is 2.11. The third-order valence-electron chi connectivity index (χ3n) is 4.81. The summed E-state index contributed by atoms with van der Waals surface area (Å²) in [4.78, 5) is 8.36. The summed E-state index contributed by atoms with van der Waals surface area (Å²) in [6.07, 6.45) is 3.60. The van der Waals surface area contributed by atoms with Gasteiger partial charge < -0.3 is 19.5 Å². The van der Waals surface area contributed by atoms with Crippen molar-refractivity contribution in [1.29, 1.82) is 0 Å². The lowest BCUT2D eigenvalue weighted by molar-refractivity contribution is 0.395. The third kappa shape index (κ3) is 6.06. The smallest absolute Gasteiger partial charge is 0.194 e. The van der Waals surface area contributed by atoms with Crippen molar-refractivity contribution >= 4 is 17.3 Å². The van der Waals surface area contributed by atoms with Crippen LogP contribution >= 0.6 is 11.3 Å². The van der Waals surface area contributed by atoms with E-state index in [9.17, 15) is 0 Å². The van der Waals surface area contributed by atoms with Crippen LogP contribution in [0, 0.1) is 0 Å². The molecule has 0 atom stereocenters. The minimum absolute atomic E-state index is 0.710. The number of ether oxygens (including phenoxy) is 1. The summed E-state index contributed by atoms with van der Waals surface area (Å²) in [5, 5.41) is 13.8. The number of rotatable bonds is 10. The quantitative estimate of drug-likeness (QED) is 0.398. The number of benzene rings is 1. The van der Waals surface area contributed by atoms with Crippen molar-refractivity contribution in [2.75, 3.05) is 27.2 Å². The van der Waals surface area contributed by atoms with Gasteiger partial charge in [-0.25, -0.2) is 0 Å². The number of nitrogens with zero attached hydrogens (tertiary/aromatic N) is 5. The fraction of sp³-hybridized carbons (Fsp3) is 0.409. The molecule has 2 heterocycles. The second-order valence-electron chi connectivity index (χ2n) is 6.92. The van der Waals surface area contributed by atoms with Gasteiger partial charge in [0.05, 0.1) is 7.11 Å². The molecule has 0 unspecified atom stereocenters. The molecule has 0 fully saturated rings. The number of hydrogen-bond acceptors (Lipinski definition) is 5. The Morgan fingerprint density at radius 3 is 2.90 bits per heavy atom. The standard InChI is InChI=1S/C22H30N6OS/c1-4-21-26-25-17-28(21)14-13-24-22(23-12-11-19-9-7-15-30-19)27(2)16-18-8-5-6-10-20(18)29-3/h5-10,15,17H,4,11-14,16H2,1-3H3,(H,23,24). The Hall–Kier alpha value is -2.87. The van der Waals surface area contributed by atoms with E-state index in [1.54, 1.807) is 24.8 Å². The molecule has 0 aliphatic heterocycles. The number of methoxy groups -OCH3 is 1. The Labute approximate surface area is 182 Å². The Morgan fingerprint density at radius 2 is 2.13 bits per heavy atom. The normalized spacial score (nSPS) is 11.5. The highest BCUT2D eigenvalue weighted by Crippen LogP contribution is 2.18. The lowest BCUT2D eigenvalue weighted by Gasteiger charge is -2.23.